The summed E-state index contributed by atoms with van der Waals surface area (Å²) in [6, 6.07) is 14.7. The maximum absolute atomic E-state index is 14.8. The van der Waals surface area contributed by atoms with E-state index in [1.54, 1.807) is 42.4 Å². The summed E-state index contributed by atoms with van der Waals surface area (Å²) >= 11 is 1.47. The van der Waals surface area contributed by atoms with Crippen molar-refractivity contribution in [2.75, 3.05) is 19.0 Å². The molecule has 3 fully saturated rings. The number of fused-ring (bicyclic) bond motifs is 1. The Morgan fingerprint density at radius 2 is 1.83 bits per heavy atom. The van der Waals surface area contributed by atoms with Crippen LogP contribution in [-0.2, 0) is 18.9 Å². The molecule has 2 saturated carbocycles. The van der Waals surface area contributed by atoms with Crippen molar-refractivity contribution in [3.63, 3.8) is 0 Å². The van der Waals surface area contributed by atoms with Crippen molar-refractivity contribution in [3.05, 3.63) is 78.2 Å². The average Bonchev–Trinajstić information content (AvgIpc) is 3.61. The van der Waals surface area contributed by atoms with E-state index in [2.05, 4.69) is 34.1 Å². The molecule has 3 aliphatic rings. The number of carbonyl (C=O) groups excluding carboxylic acids is 3. The van der Waals surface area contributed by atoms with Crippen LogP contribution in [0, 0.1) is 22.9 Å². The van der Waals surface area contributed by atoms with E-state index in [1.165, 1.54) is 11.3 Å². The number of thiazole rings is 1. The first-order chi connectivity index (χ1) is 30.0. The minimum absolute atomic E-state index is 0.0820. The summed E-state index contributed by atoms with van der Waals surface area (Å²) in [7, 11) is -2.71. The van der Waals surface area contributed by atoms with Crippen LogP contribution in [-0.4, -0.2) is 86.9 Å². The number of rotatable bonds is 14. The summed E-state index contributed by atoms with van der Waals surface area (Å²) in [6.45, 7) is 13.6. The fourth-order valence-corrected chi connectivity index (χ4v) is 11.0. The van der Waals surface area contributed by atoms with Crippen molar-refractivity contribution in [3.8, 4) is 34.5 Å². The Hall–Kier alpha value is -5.42. The zero-order valence-corrected chi connectivity index (χ0v) is 38.4. The van der Waals surface area contributed by atoms with E-state index in [9.17, 15) is 23.8 Å². The number of amides is 3. The molecule has 1 aliphatic heterocycles. The van der Waals surface area contributed by atoms with Gasteiger partial charge in [-0.2, -0.15) is 0 Å². The molecule has 0 spiro atoms. The molecule has 0 radical (unpaired) electrons. The Balaban J connectivity index is 1.19. The predicted molar refractivity (Wildman–Crippen MR) is 245 cm³/mol. The van der Waals surface area contributed by atoms with Crippen molar-refractivity contribution in [1.29, 1.82) is 0 Å². The molecule has 334 valence electrons. The number of hydrogen-bond donors (Lipinski definition) is 4. The van der Waals surface area contributed by atoms with Gasteiger partial charge in [-0.15, -0.1) is 17.9 Å². The van der Waals surface area contributed by atoms with Gasteiger partial charge < -0.3 is 40.0 Å². The van der Waals surface area contributed by atoms with Crippen LogP contribution in [0.4, 0.5) is 9.93 Å². The number of hydrogen-bond acceptors (Lipinski definition) is 11. The number of benzene rings is 2. The van der Waals surface area contributed by atoms with Crippen LogP contribution >= 0.6 is 18.7 Å². The van der Waals surface area contributed by atoms with Gasteiger partial charge in [-0.1, -0.05) is 51.0 Å². The smallest absolute Gasteiger partial charge is 0.408 e. The first-order valence-electron chi connectivity index (χ1n) is 21.5. The molecule has 1 saturated heterocycles. The van der Waals surface area contributed by atoms with E-state index in [-0.39, 0.29) is 38.0 Å². The molecule has 2 aromatic heterocycles. The maximum Gasteiger partial charge on any atom is 0.408 e. The Morgan fingerprint density at radius 1 is 1.08 bits per heavy atom. The topological polar surface area (TPSA) is 181 Å². The number of likely N-dealkylation sites (tertiary alicyclic amines) is 1. The number of alkyl carbamates (subject to hydrolysis) is 1. The number of aromatic nitrogens is 2. The lowest BCUT2D eigenvalue weighted by Gasteiger charge is -2.35. The lowest BCUT2D eigenvalue weighted by atomic mass is 9.85. The second-order valence-corrected chi connectivity index (χ2v) is 21.0. The van der Waals surface area contributed by atoms with Gasteiger partial charge in [-0.25, -0.2) is 14.8 Å². The van der Waals surface area contributed by atoms with Gasteiger partial charge in [0.25, 0.3) is 7.37 Å². The zero-order valence-electron chi connectivity index (χ0n) is 36.7. The van der Waals surface area contributed by atoms with E-state index < -0.39 is 60.1 Å². The monoisotopic (exact) mass is 896 g/mol. The first kappa shape index (κ1) is 45.6. The second-order valence-electron chi connectivity index (χ2n) is 18.0. The number of anilines is 1. The van der Waals surface area contributed by atoms with Gasteiger partial charge in [0.15, 0.2) is 5.13 Å². The number of nitrogens with one attached hydrogen (secondary N) is 3. The van der Waals surface area contributed by atoms with Crippen LogP contribution in [0.2, 0.25) is 0 Å². The van der Waals surface area contributed by atoms with Crippen molar-refractivity contribution in [2.24, 2.45) is 11.3 Å². The first-order valence-corrected chi connectivity index (χ1v) is 24.0. The third-order valence-corrected chi connectivity index (χ3v) is 14.7. The highest BCUT2D eigenvalue weighted by molar-refractivity contribution is 7.65. The minimum Gasteiger partial charge on any atom is -0.497 e. The van der Waals surface area contributed by atoms with Gasteiger partial charge in [0.1, 0.15) is 40.7 Å². The van der Waals surface area contributed by atoms with E-state index in [1.807, 2.05) is 70.3 Å². The van der Waals surface area contributed by atoms with Crippen LogP contribution < -0.4 is 25.4 Å². The SMILES string of the molecule is C=C[C@@H]1C[C@]1(NC(=O)CC1C[C@@H](Oc2cc(-c3csc(NC(C)C)n3)nc3cc(OC)ccc23)CN1C(=O)[C@@H](NC(=O)OC1CCCC1)C(C)(C)C)P(=O)(O)C#Cc1ccccc1. The Morgan fingerprint density at radius 3 is 2.49 bits per heavy atom. The van der Waals surface area contributed by atoms with Gasteiger partial charge >= 0.3 is 6.09 Å². The predicted octanol–water partition coefficient (Wildman–Crippen LogP) is 8.31. The van der Waals surface area contributed by atoms with E-state index in [0.717, 1.165) is 30.8 Å². The van der Waals surface area contributed by atoms with Gasteiger partial charge in [0.05, 0.1) is 24.9 Å². The molecular weight excluding hydrogens is 840 g/mol. The Labute approximate surface area is 373 Å². The van der Waals surface area contributed by atoms with Gasteiger partial charge in [-0.05, 0) is 81.3 Å². The molecule has 2 aromatic carbocycles. The summed E-state index contributed by atoms with van der Waals surface area (Å²) in [4.78, 5) is 65.0. The van der Waals surface area contributed by atoms with E-state index in [4.69, 9.17) is 24.2 Å². The zero-order chi connectivity index (χ0) is 45.1. The lowest BCUT2D eigenvalue weighted by molar-refractivity contribution is -0.138. The standard InChI is InChI=1S/C47H57N6O8PS/c1-8-31-26-47(31,62(57,58)21-20-30-14-10-9-11-15-30)52-41(54)23-32-22-35(27-53(32)43(55)42(46(4,5)6)51-45(56)61-33-16-12-13-17-33)60-40-25-38(39-28-63-44(50-39)48-29(2)3)49-37-24-34(59-7)18-19-36(37)40/h8-11,14-15,18-19,24-25,28-29,31-33,35,42H,1,12-13,16-17,22-23,26-27H2,2-7H3,(H,48,50)(H,51,56)(H,52,54)(H,57,58)/t31-,32?,35-,42-,47+/m1/s1. The molecule has 2 aliphatic carbocycles. The van der Waals surface area contributed by atoms with Gasteiger partial charge in [0.2, 0.25) is 11.8 Å². The molecule has 2 unspecified atom stereocenters. The normalized spacial score (nSPS) is 22.3. The molecule has 4 aromatic rings. The average molecular weight is 897 g/mol. The Kier molecular flexibility index (Phi) is 13.6. The van der Waals surface area contributed by atoms with Crippen molar-refractivity contribution in [1.82, 2.24) is 25.5 Å². The quantitative estimate of drug-likeness (QED) is 0.0543. The van der Waals surface area contributed by atoms with Gasteiger partial charge in [0, 0.05) is 59.3 Å². The maximum atomic E-state index is 14.8. The summed E-state index contributed by atoms with van der Waals surface area (Å²) in [5.74, 6) is 2.49. The largest absolute Gasteiger partial charge is 0.497 e. The Bertz CT molecular complexity index is 2460. The van der Waals surface area contributed by atoms with Crippen LogP contribution in [0.15, 0.2) is 72.6 Å². The van der Waals surface area contributed by atoms with Crippen molar-refractivity contribution in [2.45, 2.75) is 115 Å². The number of ether oxygens (including phenoxy) is 3. The highest BCUT2D eigenvalue weighted by Crippen LogP contribution is 2.69. The highest BCUT2D eigenvalue weighted by Gasteiger charge is 2.65. The summed E-state index contributed by atoms with van der Waals surface area (Å²) in [6.07, 6.45) is 3.77. The molecule has 3 heterocycles. The molecule has 4 N–H and O–H groups in total. The number of carbonyl (C=O) groups is 3. The molecule has 14 nitrogen and oxygen atoms in total. The lowest BCUT2D eigenvalue weighted by Crippen LogP contribution is -2.56. The number of pyridine rings is 1. The third-order valence-electron chi connectivity index (χ3n) is 11.8. The number of methoxy groups -OCH3 is 1. The fraction of sp³-hybridized carbons (Fsp3) is 0.468. The molecule has 7 rings (SSSR count). The molecule has 3 amide bonds. The van der Waals surface area contributed by atoms with Crippen molar-refractivity contribution >= 4 is 52.6 Å². The summed E-state index contributed by atoms with van der Waals surface area (Å²) in [5.41, 5.74) is 4.23. The van der Waals surface area contributed by atoms with E-state index in [0.29, 0.717) is 39.4 Å². The molecule has 0 bridgehead atoms. The molecular formula is C47H57N6O8PS. The fourth-order valence-electron chi connectivity index (χ4n) is 8.35. The minimum atomic E-state index is -4.30. The highest BCUT2D eigenvalue weighted by atomic mass is 32.1. The second kappa shape index (κ2) is 18.7. The number of nitrogens with zero attached hydrogens (tertiary/aromatic N) is 3. The van der Waals surface area contributed by atoms with Crippen LogP contribution in [0.1, 0.15) is 85.1 Å². The summed E-state index contributed by atoms with van der Waals surface area (Å²) in [5, 5.41) is 10.9. The van der Waals surface area contributed by atoms with E-state index >= 15 is 0 Å². The molecule has 6 atom stereocenters. The van der Waals surface area contributed by atoms with Crippen LogP contribution in [0.5, 0.6) is 11.5 Å². The molecule has 63 heavy (non-hydrogen) atoms. The van der Waals surface area contributed by atoms with Crippen LogP contribution in [0.25, 0.3) is 22.3 Å². The third kappa shape index (κ3) is 10.5. The summed E-state index contributed by atoms with van der Waals surface area (Å²) < 4.78 is 32.0. The van der Waals surface area contributed by atoms with Gasteiger partial charge in [-0.3, -0.25) is 14.2 Å². The van der Waals surface area contributed by atoms with Crippen LogP contribution in [0.3, 0.4) is 0 Å². The molecule has 16 heteroatoms. The van der Waals surface area contributed by atoms with Crippen molar-refractivity contribution < 1.29 is 38.1 Å².